The van der Waals surface area contributed by atoms with Crippen LogP contribution in [0.25, 0.3) is 0 Å². The largest absolute Gasteiger partial charge is 0.493 e. The molecule has 266 valence electrons. The smallest absolute Gasteiger partial charge is 0.343 e. The second kappa shape index (κ2) is 16.9. The van der Waals surface area contributed by atoms with Gasteiger partial charge in [0.05, 0.1) is 18.6 Å². The molecule has 16 heteroatoms. The lowest BCUT2D eigenvalue weighted by Gasteiger charge is -2.29. The van der Waals surface area contributed by atoms with Gasteiger partial charge in [0.15, 0.2) is 23.6 Å². The number of aromatic nitrogens is 1. The minimum absolute atomic E-state index is 0.0254. The maximum absolute atomic E-state index is 13.6. The topological polar surface area (TPSA) is 166 Å². The Morgan fingerprint density at radius 3 is 2.30 bits per heavy atom. The summed E-state index contributed by atoms with van der Waals surface area (Å²) >= 11 is 16.9. The zero-order valence-electron chi connectivity index (χ0n) is 27.2. The van der Waals surface area contributed by atoms with Crippen molar-refractivity contribution in [3.8, 4) is 17.2 Å². The van der Waals surface area contributed by atoms with Crippen molar-refractivity contribution in [3.63, 3.8) is 0 Å². The normalized spacial score (nSPS) is 19.5. The van der Waals surface area contributed by atoms with Gasteiger partial charge >= 0.3 is 27.9 Å². The van der Waals surface area contributed by atoms with E-state index in [0.29, 0.717) is 0 Å². The number of methoxy groups -OCH3 is 1. The molecule has 0 aliphatic carbocycles. The van der Waals surface area contributed by atoms with Crippen molar-refractivity contribution in [1.29, 1.82) is 0 Å². The molecule has 2 aromatic carbocycles. The minimum atomic E-state index is -2.03. The van der Waals surface area contributed by atoms with Crippen molar-refractivity contribution in [1.82, 2.24) is 10.3 Å². The van der Waals surface area contributed by atoms with Crippen molar-refractivity contribution in [2.24, 2.45) is 11.8 Å². The number of esters is 4. The van der Waals surface area contributed by atoms with Crippen LogP contribution in [0.5, 0.6) is 17.2 Å². The summed E-state index contributed by atoms with van der Waals surface area (Å²) in [5.41, 5.74) is 0.338. The Morgan fingerprint density at radius 1 is 1.00 bits per heavy atom. The van der Waals surface area contributed by atoms with E-state index in [9.17, 15) is 24.0 Å². The number of carbonyl (C=O) groups is 5. The van der Waals surface area contributed by atoms with Gasteiger partial charge in [-0.2, -0.15) is 0 Å². The first kappa shape index (κ1) is 38.2. The van der Waals surface area contributed by atoms with E-state index in [1.54, 1.807) is 38.1 Å². The summed E-state index contributed by atoms with van der Waals surface area (Å²) in [6.45, 7) is 4.10. The van der Waals surface area contributed by atoms with Crippen LogP contribution in [0.2, 0.25) is 0 Å². The van der Waals surface area contributed by atoms with Crippen LogP contribution >= 0.6 is 34.8 Å². The number of carbonyl (C=O) groups excluding carboxylic acids is 5. The van der Waals surface area contributed by atoms with E-state index in [-0.39, 0.29) is 29.2 Å². The van der Waals surface area contributed by atoms with Crippen LogP contribution in [0.3, 0.4) is 0 Å². The molecule has 1 fully saturated rings. The zero-order chi connectivity index (χ0) is 36.6. The van der Waals surface area contributed by atoms with Gasteiger partial charge in [0.1, 0.15) is 24.4 Å². The number of benzene rings is 2. The molecule has 4 rings (SSSR count). The van der Waals surface area contributed by atoms with E-state index >= 15 is 0 Å². The highest BCUT2D eigenvalue weighted by atomic mass is 35.6. The lowest BCUT2D eigenvalue weighted by molar-refractivity contribution is -0.176. The Bertz CT molecular complexity index is 1700. The monoisotopic (exact) mass is 750 g/mol. The van der Waals surface area contributed by atoms with E-state index in [2.05, 4.69) is 10.3 Å². The first-order chi connectivity index (χ1) is 23.7. The van der Waals surface area contributed by atoms with Gasteiger partial charge in [-0.15, -0.1) is 0 Å². The second-order valence-corrected chi connectivity index (χ2v) is 13.5. The van der Waals surface area contributed by atoms with Gasteiger partial charge in [-0.05, 0) is 78.0 Å². The van der Waals surface area contributed by atoms with E-state index in [1.165, 1.54) is 50.6 Å². The van der Waals surface area contributed by atoms with E-state index in [4.69, 9.17) is 63.2 Å². The van der Waals surface area contributed by atoms with Crippen molar-refractivity contribution in [2.75, 3.05) is 13.7 Å². The number of rotatable bonds is 10. The molecule has 1 N–H and O–H groups in total. The number of alkyl halides is 3. The number of ether oxygens (including phenoxy) is 6. The molecule has 2 heterocycles. The molecule has 1 aliphatic heterocycles. The molecule has 4 atom stereocenters. The molecule has 13 nitrogen and oxygen atoms in total. The maximum atomic E-state index is 13.6. The third-order valence-electron chi connectivity index (χ3n) is 7.29. The molecule has 0 saturated carbocycles. The summed E-state index contributed by atoms with van der Waals surface area (Å²) < 4.78 is 30.7. The molecule has 0 radical (unpaired) electrons. The highest BCUT2D eigenvalue weighted by Gasteiger charge is 2.42. The van der Waals surface area contributed by atoms with E-state index in [1.807, 2.05) is 6.07 Å². The van der Waals surface area contributed by atoms with Crippen LogP contribution in [0.15, 0.2) is 66.9 Å². The lowest BCUT2D eigenvalue weighted by Crippen LogP contribution is -2.47. The Labute approximate surface area is 302 Å². The predicted octanol–water partition coefficient (Wildman–Crippen LogP) is 5.03. The van der Waals surface area contributed by atoms with Crippen molar-refractivity contribution in [3.05, 3.63) is 83.7 Å². The first-order valence-corrected chi connectivity index (χ1v) is 16.3. The van der Waals surface area contributed by atoms with Gasteiger partial charge in [0.2, 0.25) is 5.75 Å². The van der Waals surface area contributed by atoms with Gasteiger partial charge in [0, 0.05) is 12.3 Å². The fourth-order valence-corrected chi connectivity index (χ4v) is 5.04. The summed E-state index contributed by atoms with van der Waals surface area (Å²) in [5.74, 6) is -6.12. The van der Waals surface area contributed by atoms with Gasteiger partial charge in [-0.1, -0.05) is 44.2 Å². The second-order valence-electron chi connectivity index (χ2n) is 11.3. The fraction of sp³-hybridized carbons (Fsp3) is 0.353. The quantitative estimate of drug-likeness (QED) is 0.167. The molecule has 1 saturated heterocycles. The van der Waals surface area contributed by atoms with Gasteiger partial charge in [-0.3, -0.25) is 14.4 Å². The highest BCUT2D eigenvalue weighted by Crippen LogP contribution is 2.32. The third kappa shape index (κ3) is 10.2. The maximum Gasteiger partial charge on any atom is 0.343 e. The molecule has 0 unspecified atom stereocenters. The molecule has 50 heavy (non-hydrogen) atoms. The third-order valence-corrected chi connectivity index (χ3v) is 7.52. The van der Waals surface area contributed by atoms with Gasteiger partial charge < -0.3 is 33.7 Å². The number of pyridine rings is 1. The molecule has 1 aliphatic rings. The van der Waals surface area contributed by atoms with Crippen molar-refractivity contribution in [2.45, 2.75) is 49.4 Å². The van der Waals surface area contributed by atoms with Crippen LogP contribution in [-0.2, 0) is 35.0 Å². The number of hydrogen-bond donors (Lipinski definition) is 1. The Morgan fingerprint density at radius 2 is 1.68 bits per heavy atom. The Hall–Kier alpha value is -4.59. The molecule has 3 aromatic rings. The summed E-state index contributed by atoms with van der Waals surface area (Å²) in [5, 5.41) is 2.43. The minimum Gasteiger partial charge on any atom is -0.493 e. The van der Waals surface area contributed by atoms with Crippen LogP contribution in [-0.4, -0.2) is 70.7 Å². The molecule has 1 aromatic heterocycles. The molecule has 1 amide bonds. The summed E-state index contributed by atoms with van der Waals surface area (Å²) in [6.07, 6.45) is -0.994. The summed E-state index contributed by atoms with van der Waals surface area (Å²) in [4.78, 5) is 70.3. The van der Waals surface area contributed by atoms with Crippen LogP contribution in [0.1, 0.15) is 47.2 Å². The standard InChI is InChI=1S/C34H33Cl3N2O11/c1-18(2)30(41)48-27-19(3)47-33(44)24(17-46-32(43)23(27)16-20-8-6-5-7-9-20)39-29(40)26-28(25(45-4)14-15-38-26)49-31(42)21-10-12-22(13-11-21)50-34(35,36)37/h5-15,18-19,23-24,27H,16-17H2,1-4H3,(H,39,40)/t19-,23+,24-,27-/m0/s1. The highest BCUT2D eigenvalue weighted by molar-refractivity contribution is 6.66. The van der Waals surface area contributed by atoms with Crippen LogP contribution < -0.4 is 19.5 Å². The average molecular weight is 752 g/mol. The van der Waals surface area contributed by atoms with Gasteiger partial charge in [-0.25, -0.2) is 14.6 Å². The molecular weight excluding hydrogens is 719 g/mol. The van der Waals surface area contributed by atoms with Crippen LogP contribution in [0, 0.1) is 11.8 Å². The van der Waals surface area contributed by atoms with Crippen molar-refractivity contribution < 1.29 is 52.4 Å². The Balaban J connectivity index is 1.57. The average Bonchev–Trinajstić information content (AvgIpc) is 3.10. The first-order valence-electron chi connectivity index (χ1n) is 15.2. The number of cyclic esters (lactones) is 2. The zero-order valence-corrected chi connectivity index (χ0v) is 29.5. The van der Waals surface area contributed by atoms with E-state index in [0.717, 1.165) is 5.56 Å². The number of halogens is 3. The SMILES string of the molecule is COc1ccnc(C(=O)N[C@H]2COC(=O)[C@H](Cc3ccccc3)[C@@H](OC(=O)C(C)C)[C@H](C)OC2=O)c1OC(=O)c1ccc(OC(Cl)(Cl)Cl)cc1. The van der Waals surface area contributed by atoms with Gasteiger partial charge in [0.25, 0.3) is 5.91 Å². The van der Waals surface area contributed by atoms with E-state index < -0.39 is 76.1 Å². The van der Waals surface area contributed by atoms with Crippen LogP contribution in [0.4, 0.5) is 0 Å². The number of nitrogens with zero attached hydrogens (tertiary/aromatic N) is 1. The Kier molecular flexibility index (Phi) is 12.9. The summed E-state index contributed by atoms with van der Waals surface area (Å²) in [6, 6.07) is 14.2. The molecular formula is C34H33Cl3N2O11. The van der Waals surface area contributed by atoms with Crippen molar-refractivity contribution >= 4 is 64.6 Å². The lowest BCUT2D eigenvalue weighted by atomic mass is 9.91. The number of hydrogen-bond acceptors (Lipinski definition) is 12. The summed E-state index contributed by atoms with van der Waals surface area (Å²) in [7, 11) is 1.28. The number of nitrogens with one attached hydrogen (secondary N) is 1. The number of amides is 1. The fourth-order valence-electron chi connectivity index (χ4n) is 4.77. The molecule has 0 spiro atoms. The predicted molar refractivity (Wildman–Crippen MR) is 179 cm³/mol. The molecule has 0 bridgehead atoms.